The van der Waals surface area contributed by atoms with Gasteiger partial charge in [-0.05, 0) is 90.5 Å². The number of aliphatic imine (C=N–C) groups is 1. The number of para-hydroxylation sites is 1. The summed E-state index contributed by atoms with van der Waals surface area (Å²) in [6.07, 6.45) is 1.77. The zero-order valence-corrected chi connectivity index (χ0v) is 18.7. The van der Waals surface area contributed by atoms with Crippen molar-refractivity contribution in [3.8, 4) is 23.0 Å². The van der Waals surface area contributed by atoms with E-state index in [2.05, 4.69) is 10.3 Å². The molecule has 34 heavy (non-hydrogen) atoms. The van der Waals surface area contributed by atoms with Crippen molar-refractivity contribution in [1.82, 2.24) is 0 Å². The number of carbonyl (C=O) groups is 1. The Bertz CT molecular complexity index is 1220. The molecule has 0 aliphatic rings. The maximum Gasteiger partial charge on any atom is 0.262 e. The van der Waals surface area contributed by atoms with Crippen molar-refractivity contribution in [3.05, 3.63) is 109 Å². The fourth-order valence-corrected chi connectivity index (χ4v) is 3.04. The summed E-state index contributed by atoms with van der Waals surface area (Å²) in [5.74, 6) is 2.63. The van der Waals surface area contributed by atoms with Gasteiger partial charge in [0.2, 0.25) is 0 Å². The van der Waals surface area contributed by atoms with Crippen LogP contribution >= 0.6 is 0 Å². The molecule has 0 aliphatic heterocycles. The molecule has 4 rings (SSSR count). The van der Waals surface area contributed by atoms with Crippen LogP contribution in [0, 0.1) is 0 Å². The van der Waals surface area contributed by atoms with Crippen LogP contribution in [0.2, 0.25) is 0 Å². The van der Waals surface area contributed by atoms with Crippen molar-refractivity contribution < 1.29 is 19.0 Å². The molecule has 0 bridgehead atoms. The number of hydrogen-bond donors (Lipinski definition) is 1. The van der Waals surface area contributed by atoms with Gasteiger partial charge in [-0.1, -0.05) is 18.2 Å². The number of methoxy groups -OCH3 is 1. The minimum atomic E-state index is -0.240. The lowest BCUT2D eigenvalue weighted by molar-refractivity contribution is -0.118. The Morgan fingerprint density at radius 3 is 2.06 bits per heavy atom. The van der Waals surface area contributed by atoms with Gasteiger partial charge in [-0.15, -0.1) is 0 Å². The van der Waals surface area contributed by atoms with E-state index in [9.17, 15) is 4.79 Å². The number of nitrogens with one attached hydrogen (secondary N) is 1. The van der Waals surface area contributed by atoms with E-state index in [-0.39, 0.29) is 12.5 Å². The molecule has 0 heterocycles. The highest BCUT2D eigenvalue weighted by atomic mass is 16.5. The molecule has 4 aromatic carbocycles. The quantitative estimate of drug-likeness (QED) is 0.305. The van der Waals surface area contributed by atoms with Gasteiger partial charge in [0.25, 0.3) is 5.91 Å². The summed E-state index contributed by atoms with van der Waals surface area (Å²) in [6, 6.07) is 31.7. The molecule has 1 amide bonds. The van der Waals surface area contributed by atoms with E-state index in [1.54, 1.807) is 49.7 Å². The molecular weight excluding hydrogens is 428 g/mol. The fraction of sp³-hybridized carbons (Fsp3) is 0.0714. The Morgan fingerprint density at radius 2 is 1.38 bits per heavy atom. The lowest BCUT2D eigenvalue weighted by Crippen LogP contribution is -2.20. The van der Waals surface area contributed by atoms with Gasteiger partial charge in [-0.2, -0.15) is 0 Å². The number of rotatable bonds is 9. The third-order valence-corrected chi connectivity index (χ3v) is 4.80. The second kappa shape index (κ2) is 11.3. The summed E-state index contributed by atoms with van der Waals surface area (Å²) < 4.78 is 16.5. The number of amides is 1. The maximum atomic E-state index is 12.1. The zero-order chi connectivity index (χ0) is 23.6. The van der Waals surface area contributed by atoms with Crippen molar-refractivity contribution in [1.29, 1.82) is 0 Å². The zero-order valence-electron chi connectivity index (χ0n) is 18.7. The SMILES string of the molecule is COc1ccc(NC(=O)COc2ccc(C=Nc3ccc(Oc4ccccc4)cc3)cc2)cc1. The lowest BCUT2D eigenvalue weighted by atomic mass is 10.2. The number of ether oxygens (including phenoxy) is 3. The van der Waals surface area contributed by atoms with Crippen LogP contribution in [-0.4, -0.2) is 25.8 Å². The molecule has 4 aromatic rings. The van der Waals surface area contributed by atoms with Crippen molar-refractivity contribution in [2.45, 2.75) is 0 Å². The van der Waals surface area contributed by atoms with E-state index >= 15 is 0 Å². The van der Waals surface area contributed by atoms with E-state index < -0.39 is 0 Å². The summed E-state index contributed by atoms with van der Waals surface area (Å²) >= 11 is 0. The van der Waals surface area contributed by atoms with E-state index in [4.69, 9.17) is 14.2 Å². The van der Waals surface area contributed by atoms with Gasteiger partial charge < -0.3 is 19.5 Å². The number of anilines is 1. The van der Waals surface area contributed by atoms with Crippen molar-refractivity contribution in [2.75, 3.05) is 19.0 Å². The maximum absolute atomic E-state index is 12.1. The van der Waals surface area contributed by atoms with Crippen LogP contribution in [0.1, 0.15) is 5.56 Å². The van der Waals surface area contributed by atoms with Crippen LogP contribution in [-0.2, 0) is 4.79 Å². The summed E-state index contributed by atoms with van der Waals surface area (Å²) in [5, 5.41) is 2.78. The number of nitrogens with zero attached hydrogens (tertiary/aromatic N) is 1. The average Bonchev–Trinajstić information content (AvgIpc) is 2.89. The standard InChI is InChI=1S/C28H24N2O4/c1-32-24-15-11-23(12-16-24)30-28(31)20-33-25-13-7-21(8-14-25)19-29-22-9-17-27(18-10-22)34-26-5-3-2-4-6-26/h2-19H,20H2,1H3,(H,30,31). The lowest BCUT2D eigenvalue weighted by Gasteiger charge is -2.08. The van der Waals surface area contributed by atoms with Crippen LogP contribution in [0.25, 0.3) is 0 Å². The third-order valence-electron chi connectivity index (χ3n) is 4.80. The van der Waals surface area contributed by atoms with Gasteiger partial charge >= 0.3 is 0 Å². The second-order valence-corrected chi connectivity index (χ2v) is 7.30. The predicted octanol–water partition coefficient (Wildman–Crippen LogP) is 6.26. The Kier molecular flexibility index (Phi) is 7.54. The van der Waals surface area contributed by atoms with E-state index in [0.717, 1.165) is 28.5 Å². The molecule has 6 nitrogen and oxygen atoms in total. The largest absolute Gasteiger partial charge is 0.497 e. The van der Waals surface area contributed by atoms with Crippen LogP contribution in [0.4, 0.5) is 11.4 Å². The van der Waals surface area contributed by atoms with Crippen molar-refractivity contribution in [3.63, 3.8) is 0 Å². The first-order valence-corrected chi connectivity index (χ1v) is 10.7. The second-order valence-electron chi connectivity index (χ2n) is 7.30. The Hall–Kier alpha value is -4.58. The van der Waals surface area contributed by atoms with Gasteiger partial charge in [0, 0.05) is 11.9 Å². The first-order valence-electron chi connectivity index (χ1n) is 10.7. The van der Waals surface area contributed by atoms with Crippen LogP contribution in [0.15, 0.2) is 108 Å². The molecule has 0 saturated carbocycles. The molecule has 0 aromatic heterocycles. The van der Waals surface area contributed by atoms with E-state index in [0.29, 0.717) is 11.4 Å². The molecule has 0 aliphatic carbocycles. The third kappa shape index (κ3) is 6.71. The van der Waals surface area contributed by atoms with Crippen LogP contribution in [0.3, 0.4) is 0 Å². The average molecular weight is 453 g/mol. The molecule has 0 saturated heterocycles. The van der Waals surface area contributed by atoms with Gasteiger partial charge in [-0.3, -0.25) is 9.79 Å². The fourth-order valence-electron chi connectivity index (χ4n) is 3.04. The molecule has 1 N–H and O–H groups in total. The number of hydrogen-bond acceptors (Lipinski definition) is 5. The minimum Gasteiger partial charge on any atom is -0.497 e. The van der Waals surface area contributed by atoms with Crippen molar-refractivity contribution >= 4 is 23.5 Å². The normalized spacial score (nSPS) is 10.6. The van der Waals surface area contributed by atoms with Crippen LogP contribution in [0.5, 0.6) is 23.0 Å². The van der Waals surface area contributed by atoms with Crippen LogP contribution < -0.4 is 19.5 Å². The van der Waals surface area contributed by atoms with Gasteiger partial charge in [0.05, 0.1) is 12.8 Å². The van der Waals surface area contributed by atoms with E-state index in [1.807, 2.05) is 66.7 Å². The molecule has 0 fully saturated rings. The molecule has 0 spiro atoms. The molecule has 0 radical (unpaired) electrons. The Labute approximate surface area is 198 Å². The Morgan fingerprint density at radius 1 is 0.765 bits per heavy atom. The summed E-state index contributed by atoms with van der Waals surface area (Å²) in [4.78, 5) is 16.6. The molecule has 0 atom stereocenters. The predicted molar refractivity (Wildman–Crippen MR) is 134 cm³/mol. The first kappa shape index (κ1) is 22.6. The number of benzene rings is 4. The highest BCUT2D eigenvalue weighted by molar-refractivity contribution is 5.92. The van der Waals surface area contributed by atoms with Crippen molar-refractivity contribution in [2.24, 2.45) is 4.99 Å². The van der Waals surface area contributed by atoms with E-state index in [1.165, 1.54) is 0 Å². The number of carbonyl (C=O) groups excluding carboxylic acids is 1. The first-order chi connectivity index (χ1) is 16.7. The molecule has 170 valence electrons. The highest BCUT2D eigenvalue weighted by Gasteiger charge is 2.04. The topological polar surface area (TPSA) is 69.2 Å². The monoisotopic (exact) mass is 452 g/mol. The summed E-state index contributed by atoms with van der Waals surface area (Å²) in [6.45, 7) is -0.0864. The van der Waals surface area contributed by atoms with Gasteiger partial charge in [-0.25, -0.2) is 0 Å². The summed E-state index contributed by atoms with van der Waals surface area (Å²) in [5.41, 5.74) is 2.41. The molecule has 0 unspecified atom stereocenters. The smallest absolute Gasteiger partial charge is 0.262 e. The van der Waals surface area contributed by atoms with Gasteiger partial charge in [0.1, 0.15) is 23.0 Å². The minimum absolute atomic E-state index is 0.0864. The Balaban J connectivity index is 1.25. The molecular formula is C28H24N2O4. The molecule has 6 heteroatoms. The highest BCUT2D eigenvalue weighted by Crippen LogP contribution is 2.24. The van der Waals surface area contributed by atoms with Gasteiger partial charge in [0.15, 0.2) is 6.61 Å². The summed E-state index contributed by atoms with van der Waals surface area (Å²) in [7, 11) is 1.60.